The summed E-state index contributed by atoms with van der Waals surface area (Å²) in [6.45, 7) is 2.92. The van der Waals surface area contributed by atoms with Crippen LogP contribution in [0.1, 0.15) is 17.2 Å². The Kier molecular flexibility index (Phi) is 3.11. The number of aryl methyl sites for hydroxylation is 2. The third-order valence-corrected chi connectivity index (χ3v) is 3.47. The smallest absolute Gasteiger partial charge is 0.123 e. The Morgan fingerprint density at radius 3 is 3.00 bits per heavy atom. The largest absolute Gasteiger partial charge is 0.334 e. The van der Waals surface area contributed by atoms with E-state index in [-0.39, 0.29) is 5.82 Å². The van der Waals surface area contributed by atoms with Crippen LogP contribution in [-0.4, -0.2) is 22.6 Å². The van der Waals surface area contributed by atoms with Crippen LogP contribution in [-0.2, 0) is 13.0 Å². The van der Waals surface area contributed by atoms with E-state index in [0.717, 1.165) is 31.6 Å². The van der Waals surface area contributed by atoms with E-state index >= 15 is 0 Å². The van der Waals surface area contributed by atoms with Gasteiger partial charge < -0.3 is 9.88 Å². The van der Waals surface area contributed by atoms with Gasteiger partial charge in [-0.1, -0.05) is 12.1 Å². The molecule has 2 aromatic rings. The highest BCUT2D eigenvalue weighted by Crippen LogP contribution is 2.19. The molecule has 0 amide bonds. The van der Waals surface area contributed by atoms with Gasteiger partial charge in [0.15, 0.2) is 0 Å². The molecular weight excluding hydrogens is 229 g/mol. The molecule has 1 aliphatic heterocycles. The van der Waals surface area contributed by atoms with Gasteiger partial charge in [0, 0.05) is 37.4 Å². The molecule has 0 spiro atoms. The van der Waals surface area contributed by atoms with Crippen LogP contribution in [0.3, 0.4) is 0 Å². The lowest BCUT2D eigenvalue weighted by Crippen LogP contribution is -2.40. The molecule has 3 nitrogen and oxygen atoms in total. The van der Waals surface area contributed by atoms with E-state index < -0.39 is 0 Å². The van der Waals surface area contributed by atoms with Crippen molar-refractivity contribution in [3.8, 4) is 0 Å². The normalized spacial score (nSPS) is 15.6. The predicted octanol–water partition coefficient (Wildman–Crippen LogP) is 1.95. The highest BCUT2D eigenvalue weighted by molar-refractivity contribution is 5.17. The van der Waals surface area contributed by atoms with Crippen molar-refractivity contribution in [3.05, 3.63) is 53.9 Å². The molecule has 3 rings (SSSR count). The number of halogens is 1. The molecule has 0 atom stereocenters. The Hall–Kier alpha value is -1.68. The Morgan fingerprint density at radius 1 is 1.39 bits per heavy atom. The quantitative estimate of drug-likeness (QED) is 0.892. The van der Waals surface area contributed by atoms with Crippen LogP contribution in [0.25, 0.3) is 0 Å². The van der Waals surface area contributed by atoms with Gasteiger partial charge >= 0.3 is 0 Å². The maximum Gasteiger partial charge on any atom is 0.123 e. The maximum absolute atomic E-state index is 13.1. The molecule has 0 radical (unpaired) electrons. The summed E-state index contributed by atoms with van der Waals surface area (Å²) in [7, 11) is 0. The number of benzene rings is 1. The van der Waals surface area contributed by atoms with E-state index in [1.54, 1.807) is 12.1 Å². The molecule has 1 saturated heterocycles. The molecule has 0 saturated carbocycles. The highest BCUT2D eigenvalue weighted by Gasteiger charge is 2.21. The van der Waals surface area contributed by atoms with Gasteiger partial charge in [0.1, 0.15) is 5.82 Å². The lowest BCUT2D eigenvalue weighted by Gasteiger charge is -2.27. The highest BCUT2D eigenvalue weighted by atomic mass is 19.1. The van der Waals surface area contributed by atoms with Crippen LogP contribution >= 0.6 is 0 Å². The third kappa shape index (κ3) is 2.29. The number of hydrogen-bond acceptors (Lipinski definition) is 2. The van der Waals surface area contributed by atoms with Crippen LogP contribution in [0.2, 0.25) is 0 Å². The molecular formula is C14H16FN3. The zero-order chi connectivity index (χ0) is 12.4. The number of imidazole rings is 1. The number of aromatic nitrogens is 2. The first-order chi connectivity index (χ1) is 8.83. The van der Waals surface area contributed by atoms with Crippen molar-refractivity contribution in [2.45, 2.75) is 18.9 Å². The summed E-state index contributed by atoms with van der Waals surface area (Å²) in [6, 6.07) is 6.80. The topological polar surface area (TPSA) is 29.9 Å². The molecule has 1 aromatic carbocycles. The van der Waals surface area contributed by atoms with E-state index in [4.69, 9.17) is 0 Å². The summed E-state index contributed by atoms with van der Waals surface area (Å²) in [5.74, 6) is 0.418. The minimum atomic E-state index is -0.165. The van der Waals surface area contributed by atoms with Crippen molar-refractivity contribution in [1.82, 2.24) is 14.9 Å². The fourth-order valence-electron chi connectivity index (χ4n) is 2.30. The summed E-state index contributed by atoms with van der Waals surface area (Å²) in [4.78, 5) is 4.22. The second-order valence-corrected chi connectivity index (χ2v) is 4.75. The average molecular weight is 245 g/mol. The van der Waals surface area contributed by atoms with Gasteiger partial charge in [0.2, 0.25) is 0 Å². The number of nitrogens with one attached hydrogen (secondary N) is 1. The van der Waals surface area contributed by atoms with Gasteiger partial charge in [-0.3, -0.25) is 0 Å². The first-order valence-electron chi connectivity index (χ1n) is 6.28. The Bertz CT molecular complexity index is 531. The lowest BCUT2D eigenvalue weighted by atomic mass is 10.00. The SMILES string of the molecule is Fc1cccc(CCn2cncc2C2CNC2)c1. The summed E-state index contributed by atoms with van der Waals surface area (Å²) in [6.07, 6.45) is 4.64. The second-order valence-electron chi connectivity index (χ2n) is 4.75. The molecule has 1 N–H and O–H groups in total. The summed E-state index contributed by atoms with van der Waals surface area (Å²) >= 11 is 0. The van der Waals surface area contributed by atoms with Crippen molar-refractivity contribution < 1.29 is 4.39 Å². The third-order valence-electron chi connectivity index (χ3n) is 3.47. The zero-order valence-corrected chi connectivity index (χ0v) is 10.1. The number of rotatable bonds is 4. The zero-order valence-electron chi connectivity index (χ0n) is 10.1. The van der Waals surface area contributed by atoms with Crippen LogP contribution in [0.4, 0.5) is 4.39 Å². The van der Waals surface area contributed by atoms with Gasteiger partial charge in [-0.2, -0.15) is 0 Å². The van der Waals surface area contributed by atoms with Gasteiger partial charge in [0.25, 0.3) is 0 Å². The monoisotopic (exact) mass is 245 g/mol. The summed E-state index contributed by atoms with van der Waals surface area (Å²) in [5, 5.41) is 3.27. The molecule has 1 aliphatic rings. The standard InChI is InChI=1S/C14H16FN3/c15-13-3-1-2-11(6-13)4-5-18-10-17-9-14(18)12-7-16-8-12/h1-3,6,9-10,12,16H,4-5,7-8H2. The van der Waals surface area contributed by atoms with Crippen molar-refractivity contribution in [2.24, 2.45) is 0 Å². The Labute approximate surface area is 106 Å². The number of hydrogen-bond donors (Lipinski definition) is 1. The molecule has 4 heteroatoms. The van der Waals surface area contributed by atoms with Gasteiger partial charge in [-0.25, -0.2) is 9.37 Å². The second kappa shape index (κ2) is 4.90. The van der Waals surface area contributed by atoms with E-state index in [9.17, 15) is 4.39 Å². The van der Waals surface area contributed by atoms with Gasteiger partial charge in [-0.15, -0.1) is 0 Å². The minimum absolute atomic E-state index is 0.165. The molecule has 0 unspecified atom stereocenters. The summed E-state index contributed by atoms with van der Waals surface area (Å²) < 4.78 is 15.3. The van der Waals surface area contributed by atoms with Crippen LogP contribution in [0.15, 0.2) is 36.8 Å². The van der Waals surface area contributed by atoms with E-state index in [1.165, 1.54) is 11.8 Å². The van der Waals surface area contributed by atoms with E-state index in [1.807, 2.05) is 18.6 Å². The summed E-state index contributed by atoms with van der Waals surface area (Å²) in [5.41, 5.74) is 2.31. The fourth-order valence-corrected chi connectivity index (χ4v) is 2.30. The van der Waals surface area contributed by atoms with Crippen molar-refractivity contribution in [1.29, 1.82) is 0 Å². The predicted molar refractivity (Wildman–Crippen MR) is 67.9 cm³/mol. The van der Waals surface area contributed by atoms with E-state index in [0.29, 0.717) is 5.92 Å². The molecule has 1 aromatic heterocycles. The van der Waals surface area contributed by atoms with Crippen LogP contribution in [0.5, 0.6) is 0 Å². The molecule has 94 valence electrons. The van der Waals surface area contributed by atoms with Gasteiger partial charge in [0.05, 0.1) is 6.33 Å². The lowest BCUT2D eigenvalue weighted by molar-refractivity contribution is 0.423. The average Bonchev–Trinajstić information content (AvgIpc) is 2.72. The fraction of sp³-hybridized carbons (Fsp3) is 0.357. The maximum atomic E-state index is 13.1. The molecule has 18 heavy (non-hydrogen) atoms. The number of nitrogens with zero attached hydrogens (tertiary/aromatic N) is 2. The molecule has 2 heterocycles. The first-order valence-corrected chi connectivity index (χ1v) is 6.28. The molecule has 0 bridgehead atoms. The van der Waals surface area contributed by atoms with Crippen molar-refractivity contribution >= 4 is 0 Å². The van der Waals surface area contributed by atoms with Crippen LogP contribution < -0.4 is 5.32 Å². The Balaban J connectivity index is 1.68. The Morgan fingerprint density at radius 2 is 2.28 bits per heavy atom. The first kappa shape index (κ1) is 11.4. The minimum Gasteiger partial charge on any atom is -0.334 e. The van der Waals surface area contributed by atoms with Crippen molar-refractivity contribution in [3.63, 3.8) is 0 Å². The van der Waals surface area contributed by atoms with Crippen LogP contribution in [0, 0.1) is 5.82 Å². The molecule has 0 aliphatic carbocycles. The molecule has 1 fully saturated rings. The van der Waals surface area contributed by atoms with Crippen molar-refractivity contribution in [2.75, 3.05) is 13.1 Å². The van der Waals surface area contributed by atoms with Gasteiger partial charge in [-0.05, 0) is 24.1 Å². The van der Waals surface area contributed by atoms with E-state index in [2.05, 4.69) is 14.9 Å².